The van der Waals surface area contributed by atoms with Crippen molar-refractivity contribution >= 4 is 12.6 Å². The third-order valence-electron chi connectivity index (χ3n) is 1.55. The summed E-state index contributed by atoms with van der Waals surface area (Å²) in [4.78, 5) is 7.73. The number of aryl methyl sites for hydroxylation is 1. The van der Waals surface area contributed by atoms with Crippen molar-refractivity contribution < 1.29 is 14.8 Å². The maximum atomic E-state index is 8.86. The Bertz CT molecular complexity index is 293. The maximum absolute atomic E-state index is 8.86. The van der Waals surface area contributed by atoms with Gasteiger partial charge in [0.25, 0.3) is 0 Å². The Morgan fingerprint density at radius 1 is 1.54 bits per heavy atom. The lowest BCUT2D eigenvalue weighted by Crippen LogP contribution is -2.33. The van der Waals surface area contributed by atoms with Crippen LogP contribution in [0.4, 0.5) is 0 Å². The molecule has 6 heteroatoms. The third-order valence-corrected chi connectivity index (χ3v) is 1.55. The van der Waals surface area contributed by atoms with Crippen LogP contribution in [0.2, 0.25) is 0 Å². The molecule has 0 atom stereocenters. The zero-order chi connectivity index (χ0) is 9.84. The summed E-state index contributed by atoms with van der Waals surface area (Å²) in [6, 6.07) is 0.254. The normalized spacial score (nSPS) is 9.85. The second-order valence-electron chi connectivity index (χ2n) is 2.50. The van der Waals surface area contributed by atoms with Crippen molar-refractivity contribution in [1.82, 2.24) is 9.97 Å². The van der Waals surface area contributed by atoms with Crippen molar-refractivity contribution in [3.63, 3.8) is 0 Å². The van der Waals surface area contributed by atoms with Crippen LogP contribution in [0.15, 0.2) is 6.20 Å². The zero-order valence-electron chi connectivity index (χ0n) is 7.56. The van der Waals surface area contributed by atoms with Gasteiger partial charge in [0, 0.05) is 17.4 Å². The fourth-order valence-corrected chi connectivity index (χ4v) is 0.907. The van der Waals surface area contributed by atoms with Crippen LogP contribution in [0.3, 0.4) is 0 Å². The van der Waals surface area contributed by atoms with E-state index in [-0.39, 0.29) is 6.01 Å². The topological polar surface area (TPSA) is 75.5 Å². The summed E-state index contributed by atoms with van der Waals surface area (Å²) in [6.07, 6.45) is 1.35. The second-order valence-corrected chi connectivity index (χ2v) is 2.50. The van der Waals surface area contributed by atoms with Gasteiger partial charge in [0.2, 0.25) is 0 Å². The van der Waals surface area contributed by atoms with Gasteiger partial charge < -0.3 is 14.8 Å². The van der Waals surface area contributed by atoms with Gasteiger partial charge >= 0.3 is 13.1 Å². The summed E-state index contributed by atoms with van der Waals surface area (Å²) < 4.78 is 5.04. The number of hydrogen-bond acceptors (Lipinski definition) is 5. The molecule has 1 rings (SSSR count). The Balaban J connectivity index is 2.92. The molecule has 1 aromatic heterocycles. The van der Waals surface area contributed by atoms with Crippen LogP contribution in [0.25, 0.3) is 0 Å². The molecule has 70 valence electrons. The molecule has 0 saturated heterocycles. The summed E-state index contributed by atoms with van der Waals surface area (Å²) in [5.74, 6) is 0. The van der Waals surface area contributed by atoms with E-state index >= 15 is 0 Å². The van der Waals surface area contributed by atoms with Crippen LogP contribution in [-0.2, 0) is 0 Å². The first kappa shape index (κ1) is 9.95. The molecule has 0 amide bonds. The molecule has 0 bridgehead atoms. The molecule has 13 heavy (non-hydrogen) atoms. The third kappa shape index (κ3) is 2.40. The van der Waals surface area contributed by atoms with E-state index in [1.54, 1.807) is 6.92 Å². The summed E-state index contributed by atoms with van der Waals surface area (Å²) in [6.45, 7) is 3.98. The molecule has 1 heterocycles. The Morgan fingerprint density at radius 2 is 2.23 bits per heavy atom. The average molecular weight is 182 g/mol. The van der Waals surface area contributed by atoms with E-state index in [9.17, 15) is 0 Å². The first-order valence-corrected chi connectivity index (χ1v) is 3.97. The molecule has 0 spiro atoms. The first-order valence-electron chi connectivity index (χ1n) is 3.97. The zero-order valence-corrected chi connectivity index (χ0v) is 7.56. The molecule has 2 N–H and O–H groups in total. The quantitative estimate of drug-likeness (QED) is 0.578. The van der Waals surface area contributed by atoms with Crippen LogP contribution in [0, 0.1) is 6.92 Å². The van der Waals surface area contributed by atoms with Crippen LogP contribution in [-0.4, -0.2) is 33.7 Å². The Labute approximate surface area is 76.6 Å². The highest BCUT2D eigenvalue weighted by Gasteiger charge is 2.15. The van der Waals surface area contributed by atoms with Crippen molar-refractivity contribution in [2.45, 2.75) is 13.8 Å². The first-order chi connectivity index (χ1) is 6.15. The summed E-state index contributed by atoms with van der Waals surface area (Å²) >= 11 is 0. The van der Waals surface area contributed by atoms with Gasteiger partial charge in [-0.15, -0.1) is 0 Å². The van der Waals surface area contributed by atoms with E-state index in [0.717, 1.165) is 0 Å². The number of nitrogens with zero attached hydrogens (tertiary/aromatic N) is 2. The van der Waals surface area contributed by atoms with Crippen molar-refractivity contribution in [2.75, 3.05) is 6.61 Å². The van der Waals surface area contributed by atoms with E-state index in [1.807, 2.05) is 6.92 Å². The van der Waals surface area contributed by atoms with E-state index in [4.69, 9.17) is 14.8 Å². The fourth-order valence-electron chi connectivity index (χ4n) is 0.907. The Morgan fingerprint density at radius 3 is 2.69 bits per heavy atom. The number of ether oxygens (including phenoxy) is 1. The van der Waals surface area contributed by atoms with Gasteiger partial charge in [-0.3, -0.25) is 0 Å². The number of hydrogen-bond donors (Lipinski definition) is 2. The molecule has 0 fully saturated rings. The van der Waals surface area contributed by atoms with Crippen LogP contribution in [0.1, 0.15) is 12.6 Å². The van der Waals surface area contributed by atoms with E-state index in [0.29, 0.717) is 17.8 Å². The van der Waals surface area contributed by atoms with Crippen LogP contribution < -0.4 is 10.2 Å². The molecule has 0 aliphatic carbocycles. The lowest BCUT2D eigenvalue weighted by atomic mass is 9.80. The van der Waals surface area contributed by atoms with Gasteiger partial charge in [-0.1, -0.05) is 0 Å². The highest BCUT2D eigenvalue weighted by atomic mass is 16.5. The van der Waals surface area contributed by atoms with Crippen LogP contribution in [0.5, 0.6) is 6.01 Å². The molecular formula is C7H11BN2O3. The molecule has 0 saturated carbocycles. The molecule has 0 aliphatic rings. The summed E-state index contributed by atoms with van der Waals surface area (Å²) in [5, 5.41) is 17.7. The summed E-state index contributed by atoms with van der Waals surface area (Å²) in [5.41, 5.74) is 0.803. The minimum absolute atomic E-state index is 0.254. The minimum atomic E-state index is -1.53. The Kier molecular flexibility index (Phi) is 3.22. The minimum Gasteiger partial charge on any atom is -0.464 e. The fraction of sp³-hybridized carbons (Fsp3) is 0.429. The van der Waals surface area contributed by atoms with Gasteiger partial charge in [-0.05, 0) is 13.8 Å². The van der Waals surface area contributed by atoms with Crippen molar-refractivity contribution in [3.05, 3.63) is 11.9 Å². The van der Waals surface area contributed by atoms with E-state index < -0.39 is 7.12 Å². The number of aromatic nitrogens is 2. The number of rotatable bonds is 3. The predicted molar refractivity (Wildman–Crippen MR) is 47.8 cm³/mol. The van der Waals surface area contributed by atoms with Crippen molar-refractivity contribution in [3.8, 4) is 6.01 Å². The van der Waals surface area contributed by atoms with E-state index in [1.165, 1.54) is 6.20 Å². The van der Waals surface area contributed by atoms with Crippen molar-refractivity contribution in [2.24, 2.45) is 0 Å². The van der Waals surface area contributed by atoms with Crippen LogP contribution >= 0.6 is 0 Å². The Hall–Kier alpha value is -1.14. The predicted octanol–water partition coefficient (Wildman–Crippen LogP) is -1.14. The monoisotopic (exact) mass is 182 g/mol. The molecular weight excluding hydrogens is 171 g/mol. The lowest BCUT2D eigenvalue weighted by molar-refractivity contribution is 0.312. The molecule has 0 radical (unpaired) electrons. The van der Waals surface area contributed by atoms with Gasteiger partial charge in [0.1, 0.15) is 0 Å². The maximum Gasteiger partial charge on any atom is 0.491 e. The molecule has 5 nitrogen and oxygen atoms in total. The van der Waals surface area contributed by atoms with Gasteiger partial charge in [-0.2, -0.15) is 0 Å². The van der Waals surface area contributed by atoms with E-state index in [2.05, 4.69) is 9.97 Å². The lowest BCUT2D eigenvalue weighted by Gasteiger charge is -2.05. The highest BCUT2D eigenvalue weighted by Crippen LogP contribution is 2.00. The SMILES string of the molecule is CCOc1ncc(B(O)O)c(C)n1. The molecule has 0 unspecified atom stereocenters. The smallest absolute Gasteiger partial charge is 0.464 e. The van der Waals surface area contributed by atoms with Gasteiger partial charge in [0.05, 0.1) is 6.61 Å². The largest absolute Gasteiger partial charge is 0.491 e. The molecule has 0 aromatic carbocycles. The van der Waals surface area contributed by atoms with Gasteiger partial charge in [-0.25, -0.2) is 9.97 Å². The van der Waals surface area contributed by atoms with Gasteiger partial charge in [0.15, 0.2) is 0 Å². The second kappa shape index (κ2) is 4.20. The molecule has 1 aromatic rings. The summed E-state index contributed by atoms with van der Waals surface area (Å²) in [7, 11) is -1.53. The molecule has 0 aliphatic heterocycles. The standard InChI is InChI=1S/C7H11BN2O3/c1-3-13-7-9-4-6(8(11)12)5(2)10-7/h4,11-12H,3H2,1-2H3. The average Bonchev–Trinajstić information content (AvgIpc) is 2.04. The highest BCUT2D eigenvalue weighted by molar-refractivity contribution is 6.58. The van der Waals surface area contributed by atoms with Crippen molar-refractivity contribution in [1.29, 1.82) is 0 Å².